The van der Waals surface area contributed by atoms with Gasteiger partial charge in [0.15, 0.2) is 5.11 Å². The Bertz CT molecular complexity index is 644. The van der Waals surface area contributed by atoms with Gasteiger partial charge in [0.05, 0.1) is 29.0 Å². The molecule has 0 saturated heterocycles. The highest BCUT2D eigenvalue weighted by molar-refractivity contribution is 9.10. The first kappa shape index (κ1) is 16.8. The first-order chi connectivity index (χ1) is 10.6. The molecule has 0 atom stereocenters. The van der Waals surface area contributed by atoms with Crippen LogP contribution in [0.2, 0.25) is 0 Å². The van der Waals surface area contributed by atoms with E-state index in [-0.39, 0.29) is 0 Å². The third kappa shape index (κ3) is 4.45. The van der Waals surface area contributed by atoms with Gasteiger partial charge >= 0.3 is 0 Å². The van der Waals surface area contributed by atoms with Crippen molar-refractivity contribution >= 4 is 38.9 Å². The van der Waals surface area contributed by atoms with E-state index in [9.17, 15) is 0 Å². The highest BCUT2D eigenvalue weighted by atomic mass is 79.9. The molecule has 2 rings (SSSR count). The topological polar surface area (TPSA) is 51.1 Å². The number of benzene rings is 1. The summed E-state index contributed by atoms with van der Waals surface area (Å²) in [6.45, 7) is 6.00. The van der Waals surface area contributed by atoms with Crippen LogP contribution in [-0.4, -0.2) is 21.5 Å². The lowest BCUT2D eigenvalue weighted by Gasteiger charge is -2.13. The molecule has 2 N–H and O–H groups in total. The summed E-state index contributed by atoms with van der Waals surface area (Å²) < 4.78 is 8.41. The number of para-hydroxylation sites is 2. The highest BCUT2D eigenvalue weighted by Gasteiger charge is 2.08. The lowest BCUT2D eigenvalue weighted by Crippen LogP contribution is -2.28. The first-order valence-corrected chi connectivity index (χ1v) is 8.32. The fourth-order valence-corrected chi connectivity index (χ4v) is 2.54. The van der Waals surface area contributed by atoms with Crippen molar-refractivity contribution in [3.05, 3.63) is 40.6 Å². The van der Waals surface area contributed by atoms with Gasteiger partial charge in [0.1, 0.15) is 5.75 Å². The minimum absolute atomic E-state index is 0.533. The van der Waals surface area contributed by atoms with Crippen LogP contribution < -0.4 is 15.4 Å². The van der Waals surface area contributed by atoms with Crippen LogP contribution in [0.4, 0.5) is 5.69 Å². The third-order valence-electron chi connectivity index (χ3n) is 2.96. The fraction of sp³-hybridized carbons (Fsp3) is 0.333. The molecule has 0 spiro atoms. The van der Waals surface area contributed by atoms with E-state index in [1.165, 1.54) is 0 Å². The molecule has 0 radical (unpaired) electrons. The minimum Gasteiger partial charge on any atom is -0.492 e. The molecule has 1 aromatic heterocycles. The predicted octanol–water partition coefficient (Wildman–Crippen LogP) is 3.55. The first-order valence-electron chi connectivity index (χ1n) is 7.12. The Labute approximate surface area is 144 Å². The molecule has 1 heterocycles. The second-order valence-electron chi connectivity index (χ2n) is 4.52. The number of aromatic nitrogens is 2. The van der Waals surface area contributed by atoms with Crippen LogP contribution >= 0.6 is 28.1 Å². The Morgan fingerprint density at radius 2 is 2.14 bits per heavy atom. The number of thiocarbonyl (C=S) groups is 1. The van der Waals surface area contributed by atoms with Crippen molar-refractivity contribution in [2.45, 2.75) is 26.9 Å². The number of hydrogen-bond donors (Lipinski definition) is 2. The van der Waals surface area contributed by atoms with Gasteiger partial charge in [0.2, 0.25) is 0 Å². The zero-order valence-corrected chi connectivity index (χ0v) is 15.0. The van der Waals surface area contributed by atoms with Crippen molar-refractivity contribution < 1.29 is 4.74 Å². The smallest absolute Gasteiger partial charge is 0.171 e. The molecular formula is C15H19BrN4OS. The van der Waals surface area contributed by atoms with Crippen LogP contribution in [0, 0.1) is 0 Å². The average Bonchev–Trinajstić information content (AvgIpc) is 2.88. The summed E-state index contributed by atoms with van der Waals surface area (Å²) in [7, 11) is 0. The molecule has 0 aliphatic carbocycles. The molecule has 2 aromatic rings. The molecule has 0 amide bonds. The summed E-state index contributed by atoms with van der Waals surface area (Å²) >= 11 is 8.83. The Hall–Kier alpha value is -1.60. The van der Waals surface area contributed by atoms with Gasteiger partial charge < -0.3 is 15.4 Å². The molecule has 0 aliphatic rings. The van der Waals surface area contributed by atoms with Gasteiger partial charge in [-0.25, -0.2) is 0 Å². The van der Waals surface area contributed by atoms with Gasteiger partial charge in [0, 0.05) is 12.7 Å². The minimum atomic E-state index is 0.533. The Morgan fingerprint density at radius 3 is 2.82 bits per heavy atom. The standard InChI is InChI=1S/C15H19BrN4OS/c1-3-20-10-11(16)13(19-20)9-17-15(22)18-12-7-5-6-8-14(12)21-4-2/h5-8,10H,3-4,9H2,1-2H3,(H2,17,18,22). The normalized spacial score (nSPS) is 10.3. The molecule has 1 aromatic carbocycles. The van der Waals surface area contributed by atoms with E-state index in [1.807, 2.05) is 49.0 Å². The summed E-state index contributed by atoms with van der Waals surface area (Å²) in [5, 5.41) is 11.3. The maximum atomic E-state index is 5.56. The molecule has 118 valence electrons. The number of anilines is 1. The number of ether oxygens (including phenoxy) is 1. The zero-order valence-electron chi connectivity index (χ0n) is 12.6. The van der Waals surface area contributed by atoms with Gasteiger partial charge in [0.25, 0.3) is 0 Å². The van der Waals surface area contributed by atoms with Crippen molar-refractivity contribution in [1.29, 1.82) is 0 Å². The summed E-state index contributed by atoms with van der Waals surface area (Å²) in [5.41, 5.74) is 1.77. The monoisotopic (exact) mass is 382 g/mol. The number of aryl methyl sites for hydroxylation is 1. The molecule has 0 fully saturated rings. The predicted molar refractivity (Wildman–Crippen MR) is 96.3 cm³/mol. The van der Waals surface area contributed by atoms with Crippen LogP contribution in [-0.2, 0) is 13.1 Å². The van der Waals surface area contributed by atoms with E-state index in [4.69, 9.17) is 17.0 Å². The Balaban J connectivity index is 1.94. The van der Waals surface area contributed by atoms with Crippen molar-refractivity contribution in [2.24, 2.45) is 0 Å². The van der Waals surface area contributed by atoms with E-state index in [1.54, 1.807) is 0 Å². The molecule has 0 unspecified atom stereocenters. The van der Waals surface area contributed by atoms with Crippen LogP contribution in [0.5, 0.6) is 5.75 Å². The average molecular weight is 383 g/mol. The van der Waals surface area contributed by atoms with Crippen LogP contribution in [0.1, 0.15) is 19.5 Å². The van der Waals surface area contributed by atoms with Gasteiger partial charge in [-0.3, -0.25) is 4.68 Å². The lowest BCUT2D eigenvalue weighted by molar-refractivity contribution is 0.342. The summed E-state index contributed by atoms with van der Waals surface area (Å²) in [6.07, 6.45) is 1.96. The molecule has 0 bridgehead atoms. The summed E-state index contributed by atoms with van der Waals surface area (Å²) in [6, 6.07) is 7.71. The van der Waals surface area contributed by atoms with E-state index < -0.39 is 0 Å². The maximum absolute atomic E-state index is 5.56. The second-order valence-corrected chi connectivity index (χ2v) is 5.78. The van der Waals surface area contributed by atoms with Gasteiger partial charge in [-0.05, 0) is 54.1 Å². The van der Waals surface area contributed by atoms with Gasteiger partial charge in [-0.1, -0.05) is 12.1 Å². The summed E-state index contributed by atoms with van der Waals surface area (Å²) in [5.74, 6) is 0.783. The van der Waals surface area contributed by atoms with Crippen LogP contribution in [0.15, 0.2) is 34.9 Å². The maximum Gasteiger partial charge on any atom is 0.171 e. The van der Waals surface area contributed by atoms with Crippen molar-refractivity contribution in [2.75, 3.05) is 11.9 Å². The SMILES string of the molecule is CCOc1ccccc1NC(=S)NCc1nn(CC)cc1Br. The number of rotatable bonds is 6. The van der Waals surface area contributed by atoms with E-state index in [2.05, 4.69) is 31.7 Å². The highest BCUT2D eigenvalue weighted by Crippen LogP contribution is 2.23. The number of nitrogens with one attached hydrogen (secondary N) is 2. The fourth-order valence-electron chi connectivity index (χ4n) is 1.90. The zero-order chi connectivity index (χ0) is 15.9. The molecule has 0 saturated carbocycles. The van der Waals surface area contributed by atoms with Crippen LogP contribution in [0.3, 0.4) is 0 Å². The van der Waals surface area contributed by atoms with Crippen LogP contribution in [0.25, 0.3) is 0 Å². The molecular weight excluding hydrogens is 364 g/mol. The molecule has 5 nitrogen and oxygen atoms in total. The third-order valence-corrected chi connectivity index (χ3v) is 3.87. The summed E-state index contributed by atoms with van der Waals surface area (Å²) in [4.78, 5) is 0. The van der Waals surface area contributed by atoms with Gasteiger partial charge in [-0.2, -0.15) is 5.10 Å². The van der Waals surface area contributed by atoms with Crippen molar-refractivity contribution in [1.82, 2.24) is 15.1 Å². The number of nitrogens with zero attached hydrogens (tertiary/aromatic N) is 2. The molecule has 0 aliphatic heterocycles. The molecule has 22 heavy (non-hydrogen) atoms. The van der Waals surface area contributed by atoms with E-state index >= 15 is 0 Å². The van der Waals surface area contributed by atoms with Crippen molar-refractivity contribution in [3.8, 4) is 5.75 Å². The second kappa shape index (κ2) is 8.14. The quantitative estimate of drug-likeness (QED) is 0.748. The largest absolute Gasteiger partial charge is 0.492 e. The number of hydrogen-bond acceptors (Lipinski definition) is 3. The Kier molecular flexibility index (Phi) is 6.21. The van der Waals surface area contributed by atoms with E-state index in [0.29, 0.717) is 18.3 Å². The van der Waals surface area contributed by atoms with Gasteiger partial charge in [-0.15, -0.1) is 0 Å². The van der Waals surface area contributed by atoms with E-state index in [0.717, 1.165) is 28.1 Å². The van der Waals surface area contributed by atoms with Crippen molar-refractivity contribution in [3.63, 3.8) is 0 Å². The number of halogens is 1. The lowest BCUT2D eigenvalue weighted by atomic mass is 10.3. The Morgan fingerprint density at radius 1 is 1.36 bits per heavy atom. The molecule has 7 heteroatoms.